The van der Waals surface area contributed by atoms with Crippen molar-refractivity contribution in [1.82, 2.24) is 14.6 Å². The minimum atomic E-state index is -3.61. The number of aryl methyl sites for hydroxylation is 1. The highest BCUT2D eigenvalue weighted by atomic mass is 32.2. The molecule has 9 heteroatoms. The van der Waals surface area contributed by atoms with E-state index in [9.17, 15) is 13.2 Å². The van der Waals surface area contributed by atoms with Crippen molar-refractivity contribution in [3.63, 3.8) is 0 Å². The second-order valence-electron chi connectivity index (χ2n) is 6.97. The third-order valence-electron chi connectivity index (χ3n) is 4.59. The fourth-order valence-electron chi connectivity index (χ4n) is 2.94. The molecular weight excluding hydrogens is 434 g/mol. The van der Waals surface area contributed by atoms with E-state index in [-0.39, 0.29) is 17.3 Å². The lowest BCUT2D eigenvalue weighted by atomic mass is 10.2. The Kier molecular flexibility index (Phi) is 7.09. The normalized spacial score (nSPS) is 11.5. The Labute approximate surface area is 186 Å². The number of thiazole rings is 1. The Morgan fingerprint density at radius 2 is 1.81 bits per heavy atom. The van der Waals surface area contributed by atoms with Gasteiger partial charge in [-0.1, -0.05) is 18.2 Å². The van der Waals surface area contributed by atoms with Crippen LogP contribution in [0, 0.1) is 6.92 Å². The van der Waals surface area contributed by atoms with Gasteiger partial charge in [0.2, 0.25) is 10.0 Å². The number of rotatable bonds is 8. The highest BCUT2D eigenvalue weighted by molar-refractivity contribution is 7.89. The fourth-order valence-corrected chi connectivity index (χ4v) is 5.05. The Morgan fingerprint density at radius 1 is 1.13 bits per heavy atom. The lowest BCUT2D eigenvalue weighted by Gasteiger charge is -2.15. The molecule has 3 rings (SSSR count). The van der Waals surface area contributed by atoms with Gasteiger partial charge in [-0.05, 0) is 49.7 Å². The van der Waals surface area contributed by atoms with Crippen LogP contribution in [-0.4, -0.2) is 44.3 Å². The molecular formula is C22H25N3O4S2. The van der Waals surface area contributed by atoms with Gasteiger partial charge < -0.3 is 10.1 Å². The zero-order chi connectivity index (χ0) is 22.6. The van der Waals surface area contributed by atoms with E-state index < -0.39 is 10.0 Å². The monoisotopic (exact) mass is 459 g/mol. The molecule has 1 heterocycles. The summed E-state index contributed by atoms with van der Waals surface area (Å²) in [7, 11) is -0.646. The number of benzene rings is 2. The van der Waals surface area contributed by atoms with Crippen molar-refractivity contribution >= 4 is 27.3 Å². The van der Waals surface area contributed by atoms with Crippen molar-refractivity contribution < 1.29 is 17.9 Å². The quantitative estimate of drug-likeness (QED) is 0.555. The molecule has 1 N–H and O–H groups in total. The Bertz CT molecular complexity index is 1170. The van der Waals surface area contributed by atoms with Gasteiger partial charge in [0.25, 0.3) is 5.91 Å². The standard InChI is InChI=1S/C22H25N3O4S2/c1-5-29-18-12-10-16(11-13-18)22-24-15(2)20(30-22)21(26)23-14-17-8-6-7-9-19(17)31(27,28)25(3)4/h6-13H,5,14H2,1-4H3,(H,23,26). The molecule has 0 unspecified atom stereocenters. The average Bonchev–Trinajstić information content (AvgIpc) is 3.14. The zero-order valence-electron chi connectivity index (χ0n) is 17.9. The molecule has 31 heavy (non-hydrogen) atoms. The van der Waals surface area contributed by atoms with Crippen molar-refractivity contribution in [2.24, 2.45) is 0 Å². The number of hydrogen-bond acceptors (Lipinski definition) is 6. The van der Waals surface area contributed by atoms with Crippen LogP contribution in [0.4, 0.5) is 0 Å². The van der Waals surface area contributed by atoms with Gasteiger partial charge in [-0.3, -0.25) is 4.79 Å². The number of hydrogen-bond donors (Lipinski definition) is 1. The van der Waals surface area contributed by atoms with Gasteiger partial charge in [0.1, 0.15) is 15.6 Å². The third kappa shape index (κ3) is 5.12. The lowest BCUT2D eigenvalue weighted by molar-refractivity contribution is 0.0954. The number of ether oxygens (including phenoxy) is 1. The molecule has 0 aliphatic heterocycles. The third-order valence-corrected chi connectivity index (χ3v) is 7.71. The van der Waals surface area contributed by atoms with Crippen LogP contribution in [0.1, 0.15) is 27.9 Å². The van der Waals surface area contributed by atoms with Crippen LogP contribution in [0.25, 0.3) is 10.6 Å². The van der Waals surface area contributed by atoms with Crippen LogP contribution in [-0.2, 0) is 16.6 Å². The van der Waals surface area contributed by atoms with Crippen LogP contribution < -0.4 is 10.1 Å². The summed E-state index contributed by atoms with van der Waals surface area (Å²) in [6.45, 7) is 4.40. The molecule has 7 nitrogen and oxygen atoms in total. The van der Waals surface area contributed by atoms with Crippen LogP contribution >= 0.6 is 11.3 Å². The zero-order valence-corrected chi connectivity index (χ0v) is 19.5. The van der Waals surface area contributed by atoms with Crippen LogP contribution in [0.15, 0.2) is 53.4 Å². The molecule has 0 saturated heterocycles. The lowest BCUT2D eigenvalue weighted by Crippen LogP contribution is -2.27. The van der Waals surface area contributed by atoms with Crippen molar-refractivity contribution in [3.8, 4) is 16.3 Å². The summed E-state index contributed by atoms with van der Waals surface area (Å²) in [5.74, 6) is 0.494. The number of aromatic nitrogens is 1. The van der Waals surface area contributed by atoms with E-state index in [4.69, 9.17) is 4.74 Å². The maximum absolute atomic E-state index is 12.8. The second kappa shape index (κ2) is 9.59. The van der Waals surface area contributed by atoms with Crippen LogP contribution in [0.3, 0.4) is 0 Å². The molecule has 2 aromatic carbocycles. The summed E-state index contributed by atoms with van der Waals surface area (Å²) in [5, 5.41) is 3.56. The minimum absolute atomic E-state index is 0.0950. The summed E-state index contributed by atoms with van der Waals surface area (Å²) in [6.07, 6.45) is 0. The summed E-state index contributed by atoms with van der Waals surface area (Å²) in [5.41, 5.74) is 2.05. The maximum Gasteiger partial charge on any atom is 0.263 e. The molecule has 0 radical (unpaired) electrons. The molecule has 0 aliphatic carbocycles. The van der Waals surface area contributed by atoms with E-state index in [1.54, 1.807) is 31.2 Å². The van der Waals surface area contributed by atoms with Gasteiger partial charge in [0.15, 0.2) is 0 Å². The van der Waals surface area contributed by atoms with E-state index in [1.807, 2.05) is 31.2 Å². The molecule has 3 aromatic rings. The fraction of sp³-hybridized carbons (Fsp3) is 0.273. The summed E-state index contributed by atoms with van der Waals surface area (Å²) >= 11 is 1.30. The first-order valence-electron chi connectivity index (χ1n) is 9.73. The Morgan fingerprint density at radius 3 is 2.45 bits per heavy atom. The molecule has 0 spiro atoms. The average molecular weight is 460 g/mol. The second-order valence-corrected chi connectivity index (χ2v) is 10.1. The molecule has 1 amide bonds. The number of sulfonamides is 1. The first-order chi connectivity index (χ1) is 14.7. The first kappa shape index (κ1) is 22.9. The van der Waals surface area contributed by atoms with Crippen LogP contribution in [0.5, 0.6) is 5.75 Å². The number of nitrogens with zero attached hydrogens (tertiary/aromatic N) is 2. The van der Waals surface area contributed by atoms with E-state index >= 15 is 0 Å². The van der Waals surface area contributed by atoms with Gasteiger partial charge in [0, 0.05) is 26.2 Å². The van der Waals surface area contributed by atoms with E-state index in [2.05, 4.69) is 10.3 Å². The van der Waals surface area contributed by atoms with Crippen molar-refractivity contribution in [1.29, 1.82) is 0 Å². The SMILES string of the molecule is CCOc1ccc(-c2nc(C)c(C(=O)NCc3ccccc3S(=O)(=O)N(C)C)s2)cc1. The van der Waals surface area contributed by atoms with Gasteiger partial charge in [-0.15, -0.1) is 11.3 Å². The van der Waals surface area contributed by atoms with Gasteiger partial charge in [0.05, 0.1) is 17.2 Å². The summed E-state index contributed by atoms with van der Waals surface area (Å²) in [6, 6.07) is 14.2. The predicted octanol–water partition coefficient (Wildman–Crippen LogP) is 3.70. The van der Waals surface area contributed by atoms with E-state index in [1.165, 1.54) is 25.4 Å². The first-order valence-corrected chi connectivity index (χ1v) is 12.0. The molecule has 1 aromatic heterocycles. The molecule has 0 saturated carbocycles. The topological polar surface area (TPSA) is 88.6 Å². The Balaban J connectivity index is 1.77. The maximum atomic E-state index is 12.8. The number of nitrogens with one attached hydrogen (secondary N) is 1. The molecule has 164 valence electrons. The van der Waals surface area contributed by atoms with E-state index in [0.29, 0.717) is 22.7 Å². The van der Waals surface area contributed by atoms with Gasteiger partial charge in [-0.2, -0.15) is 0 Å². The number of carbonyl (C=O) groups is 1. The number of amides is 1. The molecule has 0 bridgehead atoms. The van der Waals surface area contributed by atoms with E-state index in [0.717, 1.165) is 20.6 Å². The van der Waals surface area contributed by atoms with Crippen LogP contribution in [0.2, 0.25) is 0 Å². The highest BCUT2D eigenvalue weighted by Gasteiger charge is 2.22. The largest absolute Gasteiger partial charge is 0.494 e. The molecule has 0 atom stereocenters. The summed E-state index contributed by atoms with van der Waals surface area (Å²) in [4.78, 5) is 18.0. The van der Waals surface area contributed by atoms with Gasteiger partial charge in [-0.25, -0.2) is 17.7 Å². The van der Waals surface area contributed by atoms with Crippen molar-refractivity contribution in [3.05, 3.63) is 64.7 Å². The highest BCUT2D eigenvalue weighted by Crippen LogP contribution is 2.29. The van der Waals surface area contributed by atoms with Crippen molar-refractivity contribution in [2.45, 2.75) is 25.3 Å². The molecule has 0 fully saturated rings. The smallest absolute Gasteiger partial charge is 0.263 e. The predicted molar refractivity (Wildman–Crippen MR) is 122 cm³/mol. The number of carbonyl (C=O) groups excluding carboxylic acids is 1. The Hall–Kier alpha value is -2.75. The molecule has 0 aliphatic rings. The summed E-state index contributed by atoms with van der Waals surface area (Å²) < 4.78 is 31.7. The minimum Gasteiger partial charge on any atom is -0.494 e. The van der Waals surface area contributed by atoms with Crippen molar-refractivity contribution in [2.75, 3.05) is 20.7 Å². The van der Waals surface area contributed by atoms with Gasteiger partial charge >= 0.3 is 0 Å².